The van der Waals surface area contributed by atoms with Crippen molar-refractivity contribution in [3.05, 3.63) is 117 Å². The van der Waals surface area contributed by atoms with Gasteiger partial charge in [-0.25, -0.2) is 9.79 Å². The minimum atomic E-state index is -0.715. The number of benzene rings is 3. The molecule has 0 radical (unpaired) electrons. The molecule has 1 aliphatic heterocycles. The molecule has 40 heavy (non-hydrogen) atoms. The minimum absolute atomic E-state index is 0.203. The number of aromatic nitrogens is 1. The first-order valence-electron chi connectivity index (χ1n) is 12.3. The molecule has 0 saturated heterocycles. The molecule has 1 atom stereocenters. The van der Waals surface area contributed by atoms with Crippen molar-refractivity contribution in [3.63, 3.8) is 0 Å². The Hall–Kier alpha value is -2.67. The van der Waals surface area contributed by atoms with Crippen molar-refractivity contribution in [2.45, 2.75) is 17.9 Å². The lowest BCUT2D eigenvalue weighted by atomic mass is 9.93. The number of hydrogen-bond acceptors (Lipinski definition) is 7. The average molecular weight is 747 g/mol. The van der Waals surface area contributed by atoms with Crippen molar-refractivity contribution in [2.24, 2.45) is 4.99 Å². The molecule has 0 spiro atoms. The number of esters is 1. The van der Waals surface area contributed by atoms with Crippen molar-refractivity contribution < 1.29 is 14.3 Å². The molecule has 6 nitrogen and oxygen atoms in total. The first-order valence-corrected chi connectivity index (χ1v) is 16.2. The Balaban J connectivity index is 1.84. The fraction of sp³-hybridized carbons (Fsp3) is 0.167. The second kappa shape index (κ2) is 12.5. The van der Waals surface area contributed by atoms with Crippen LogP contribution in [-0.4, -0.2) is 30.5 Å². The summed E-state index contributed by atoms with van der Waals surface area (Å²) in [6.07, 6.45) is 3.83. The quantitative estimate of drug-likeness (QED) is 0.131. The van der Waals surface area contributed by atoms with Gasteiger partial charge in [0.05, 0.1) is 39.1 Å². The zero-order chi connectivity index (χ0) is 28.4. The Kier molecular flexibility index (Phi) is 8.98. The molecule has 0 saturated carbocycles. The lowest BCUT2D eigenvalue weighted by Crippen LogP contribution is -2.40. The van der Waals surface area contributed by atoms with Gasteiger partial charge < -0.3 is 9.47 Å². The molecule has 0 unspecified atom stereocenters. The molecule has 0 bridgehead atoms. The van der Waals surface area contributed by atoms with Gasteiger partial charge in [0.2, 0.25) is 0 Å². The first-order chi connectivity index (χ1) is 19.4. The van der Waals surface area contributed by atoms with Gasteiger partial charge in [0.15, 0.2) is 4.80 Å². The molecule has 2 heterocycles. The maximum absolute atomic E-state index is 14.1. The van der Waals surface area contributed by atoms with E-state index in [-0.39, 0.29) is 12.2 Å². The third kappa shape index (κ3) is 5.59. The highest BCUT2D eigenvalue weighted by atomic mass is 127. The second-order valence-corrected chi connectivity index (χ2v) is 12.7. The molecule has 10 heteroatoms. The van der Waals surface area contributed by atoms with Crippen LogP contribution in [0.5, 0.6) is 5.75 Å². The van der Waals surface area contributed by atoms with Crippen molar-refractivity contribution in [1.82, 2.24) is 4.57 Å². The number of hydrogen-bond donors (Lipinski definition) is 0. The predicted molar refractivity (Wildman–Crippen MR) is 173 cm³/mol. The summed E-state index contributed by atoms with van der Waals surface area (Å²) in [4.78, 5) is 34.2. The van der Waals surface area contributed by atoms with Crippen LogP contribution in [-0.2, 0) is 9.53 Å². The zero-order valence-electron chi connectivity index (χ0n) is 21.8. The molecule has 0 amide bonds. The smallest absolute Gasteiger partial charge is 0.338 e. The second-order valence-electron chi connectivity index (χ2n) is 8.71. The maximum Gasteiger partial charge on any atom is 0.338 e. The Morgan fingerprint density at radius 3 is 2.55 bits per heavy atom. The summed E-state index contributed by atoms with van der Waals surface area (Å²) in [7, 11) is 1.61. The maximum atomic E-state index is 14.1. The van der Waals surface area contributed by atoms with Crippen molar-refractivity contribution in [1.29, 1.82) is 0 Å². The number of rotatable bonds is 7. The molecule has 4 aromatic rings. The number of nitrogens with zero attached hydrogens (tertiary/aromatic N) is 2. The number of thioether (sulfide) groups is 1. The lowest BCUT2D eigenvalue weighted by molar-refractivity contribution is -0.138. The Bertz CT molecular complexity index is 1800. The molecule has 0 aliphatic carbocycles. The largest absolute Gasteiger partial charge is 0.495 e. The minimum Gasteiger partial charge on any atom is -0.495 e. The van der Waals surface area contributed by atoms with Gasteiger partial charge in [0.25, 0.3) is 5.56 Å². The predicted octanol–water partition coefficient (Wildman–Crippen LogP) is 6.03. The van der Waals surface area contributed by atoms with E-state index in [9.17, 15) is 9.59 Å². The van der Waals surface area contributed by atoms with E-state index >= 15 is 0 Å². The molecule has 0 N–H and O–H groups in total. The van der Waals surface area contributed by atoms with E-state index < -0.39 is 12.0 Å². The third-order valence-electron chi connectivity index (χ3n) is 6.33. The van der Waals surface area contributed by atoms with E-state index in [2.05, 4.69) is 38.5 Å². The summed E-state index contributed by atoms with van der Waals surface area (Å²) in [6, 6.07) is 20.6. The van der Waals surface area contributed by atoms with Crippen LogP contribution < -0.4 is 19.6 Å². The van der Waals surface area contributed by atoms with E-state index in [1.54, 1.807) is 30.4 Å². The van der Waals surface area contributed by atoms with E-state index in [1.807, 2.05) is 79.1 Å². The summed E-state index contributed by atoms with van der Waals surface area (Å²) in [5, 5.41) is 0. The Morgan fingerprint density at radius 1 is 1.18 bits per heavy atom. The lowest BCUT2D eigenvalue weighted by Gasteiger charge is -2.26. The van der Waals surface area contributed by atoms with Gasteiger partial charge in [-0.3, -0.25) is 9.36 Å². The van der Waals surface area contributed by atoms with Crippen molar-refractivity contribution in [3.8, 4) is 5.75 Å². The van der Waals surface area contributed by atoms with Gasteiger partial charge >= 0.3 is 5.97 Å². The Morgan fingerprint density at radius 2 is 1.90 bits per heavy atom. The first kappa shape index (κ1) is 28.8. The number of carbonyl (C=O) groups excluding carboxylic acids is 1. The summed E-state index contributed by atoms with van der Waals surface area (Å²) in [5.41, 5.74) is 2.93. The molecule has 5 rings (SSSR count). The van der Waals surface area contributed by atoms with Crippen LogP contribution in [0.1, 0.15) is 29.7 Å². The van der Waals surface area contributed by atoms with Crippen LogP contribution in [0.3, 0.4) is 0 Å². The molecule has 204 valence electrons. The fourth-order valence-electron chi connectivity index (χ4n) is 4.59. The highest BCUT2D eigenvalue weighted by Crippen LogP contribution is 2.36. The number of thiazole rings is 1. The molecule has 1 aliphatic rings. The highest BCUT2D eigenvalue weighted by Gasteiger charge is 2.35. The average Bonchev–Trinajstić information content (AvgIpc) is 3.27. The molecule has 0 fully saturated rings. The number of halogens is 2. The van der Waals surface area contributed by atoms with Crippen LogP contribution in [0.2, 0.25) is 0 Å². The standard InChI is InChI=1S/C30H24BrIN2O4S2/c1-4-38-29(36)24-25(17-8-6-5-7-9-17)33-30-34(26(24)18-10-12-21(39-3)13-11-18)28(35)23(40-30)15-19-14-20(31)16-22(32)27(19)37-2/h5-16,26H,4H2,1-3H3/b23-15-/t26-/m0/s1. The van der Waals surface area contributed by atoms with Crippen molar-refractivity contribution >= 4 is 79.4 Å². The van der Waals surface area contributed by atoms with Crippen LogP contribution in [0.25, 0.3) is 11.8 Å². The number of ether oxygens (including phenoxy) is 2. The molecular weight excluding hydrogens is 723 g/mol. The van der Waals surface area contributed by atoms with Gasteiger partial charge in [-0.1, -0.05) is 69.7 Å². The van der Waals surface area contributed by atoms with Gasteiger partial charge in [-0.2, -0.15) is 0 Å². The topological polar surface area (TPSA) is 69.9 Å². The van der Waals surface area contributed by atoms with Crippen LogP contribution in [0, 0.1) is 3.57 Å². The highest BCUT2D eigenvalue weighted by molar-refractivity contribution is 14.1. The van der Waals surface area contributed by atoms with Crippen LogP contribution in [0.15, 0.2) is 91.5 Å². The van der Waals surface area contributed by atoms with E-state index in [0.717, 1.165) is 29.6 Å². The van der Waals surface area contributed by atoms with Crippen molar-refractivity contribution in [2.75, 3.05) is 20.0 Å². The normalized spacial score (nSPS) is 15.0. The molecular formula is C30H24BrIN2O4S2. The third-order valence-corrected chi connectivity index (χ3v) is 9.32. The van der Waals surface area contributed by atoms with E-state index in [0.29, 0.717) is 26.4 Å². The fourth-order valence-corrected chi connectivity index (χ4v) is 7.76. The van der Waals surface area contributed by atoms with E-state index in [1.165, 1.54) is 11.3 Å². The van der Waals surface area contributed by atoms with Crippen LogP contribution in [0.4, 0.5) is 0 Å². The van der Waals surface area contributed by atoms with Gasteiger partial charge in [-0.15, -0.1) is 11.8 Å². The summed E-state index contributed by atoms with van der Waals surface area (Å²) in [5.74, 6) is 0.178. The SMILES string of the molecule is CCOC(=O)C1=C(c2ccccc2)N=c2s/c(=C\c3cc(Br)cc(I)c3OC)c(=O)n2[C@H]1c1ccc(SC)cc1. The number of fused-ring (bicyclic) bond motifs is 1. The van der Waals surface area contributed by atoms with Gasteiger partial charge in [0.1, 0.15) is 5.75 Å². The monoisotopic (exact) mass is 746 g/mol. The van der Waals surface area contributed by atoms with Gasteiger partial charge in [-0.05, 0) is 71.7 Å². The molecule has 1 aromatic heterocycles. The van der Waals surface area contributed by atoms with E-state index in [4.69, 9.17) is 14.5 Å². The Labute approximate surface area is 261 Å². The van der Waals surface area contributed by atoms with Gasteiger partial charge in [0, 0.05) is 20.5 Å². The summed E-state index contributed by atoms with van der Waals surface area (Å²) in [6.45, 7) is 1.97. The number of methoxy groups -OCH3 is 1. The molecule has 3 aromatic carbocycles. The van der Waals surface area contributed by atoms with Crippen LogP contribution >= 0.6 is 61.6 Å². The summed E-state index contributed by atoms with van der Waals surface area (Å²) < 4.78 is 15.1. The summed E-state index contributed by atoms with van der Waals surface area (Å²) >= 11 is 8.67. The zero-order valence-corrected chi connectivity index (χ0v) is 27.2. The number of carbonyl (C=O) groups is 1.